The summed E-state index contributed by atoms with van der Waals surface area (Å²) in [6, 6.07) is 15.3. The third-order valence-electron chi connectivity index (χ3n) is 3.83. The molecule has 2 aromatic carbocycles. The third kappa shape index (κ3) is 4.42. The lowest BCUT2D eigenvalue weighted by atomic mass is 10.2. The van der Waals surface area contributed by atoms with Gasteiger partial charge >= 0.3 is 5.97 Å². The molecule has 28 heavy (non-hydrogen) atoms. The molecular formula is C20H18N4O4. The van der Waals surface area contributed by atoms with Gasteiger partial charge in [0.25, 0.3) is 5.91 Å². The van der Waals surface area contributed by atoms with Crippen molar-refractivity contribution in [2.45, 2.75) is 0 Å². The number of aromatic nitrogens is 2. The highest BCUT2D eigenvalue weighted by atomic mass is 16.5. The van der Waals surface area contributed by atoms with E-state index >= 15 is 0 Å². The number of anilines is 3. The number of rotatable bonds is 6. The lowest BCUT2D eigenvalue weighted by molar-refractivity contribution is 0.0600. The Morgan fingerprint density at radius 1 is 0.964 bits per heavy atom. The van der Waals surface area contributed by atoms with E-state index in [-0.39, 0.29) is 5.69 Å². The number of hydrogen-bond donors (Lipinski definition) is 2. The molecule has 1 amide bonds. The fourth-order valence-corrected chi connectivity index (χ4v) is 2.44. The number of hydrogen-bond acceptors (Lipinski definition) is 7. The number of para-hydroxylation sites is 2. The predicted molar refractivity (Wildman–Crippen MR) is 104 cm³/mol. The van der Waals surface area contributed by atoms with E-state index in [2.05, 4.69) is 25.3 Å². The zero-order chi connectivity index (χ0) is 19.9. The van der Waals surface area contributed by atoms with Gasteiger partial charge in [-0.15, -0.1) is 0 Å². The van der Waals surface area contributed by atoms with Crippen LogP contribution in [-0.4, -0.2) is 36.1 Å². The zero-order valence-electron chi connectivity index (χ0n) is 15.3. The van der Waals surface area contributed by atoms with Crippen LogP contribution in [0.15, 0.2) is 60.9 Å². The van der Waals surface area contributed by atoms with Crippen molar-refractivity contribution in [1.82, 2.24) is 9.97 Å². The second-order valence-electron chi connectivity index (χ2n) is 5.64. The lowest BCUT2D eigenvalue weighted by Gasteiger charge is -2.11. The van der Waals surface area contributed by atoms with E-state index in [1.165, 1.54) is 19.5 Å². The van der Waals surface area contributed by atoms with Crippen LogP contribution in [0.25, 0.3) is 0 Å². The minimum Gasteiger partial charge on any atom is -0.495 e. The molecule has 0 atom stereocenters. The zero-order valence-corrected chi connectivity index (χ0v) is 15.3. The maximum Gasteiger partial charge on any atom is 0.337 e. The van der Waals surface area contributed by atoms with Crippen molar-refractivity contribution in [3.05, 3.63) is 72.2 Å². The average Bonchev–Trinajstić information content (AvgIpc) is 2.74. The standard InChI is InChI=1S/C20H18N4O4/c1-27-17-6-4-3-5-15(17)24-18-11-16(21-12-22-18)19(25)23-14-9-7-13(8-10-14)20(26)28-2/h3-12H,1-2H3,(H,23,25)(H,21,22,24). The number of amides is 1. The molecule has 0 unspecified atom stereocenters. The van der Waals surface area contributed by atoms with Crippen molar-refractivity contribution in [1.29, 1.82) is 0 Å². The normalized spacial score (nSPS) is 10.1. The summed E-state index contributed by atoms with van der Waals surface area (Å²) in [5, 5.41) is 5.82. The molecule has 8 nitrogen and oxygen atoms in total. The van der Waals surface area contributed by atoms with Crippen molar-refractivity contribution in [2.24, 2.45) is 0 Å². The van der Waals surface area contributed by atoms with Crippen LogP contribution in [0, 0.1) is 0 Å². The summed E-state index contributed by atoms with van der Waals surface area (Å²) < 4.78 is 9.94. The first-order valence-electron chi connectivity index (χ1n) is 8.32. The van der Waals surface area contributed by atoms with E-state index in [0.717, 1.165) is 0 Å². The molecule has 0 radical (unpaired) electrons. The maximum atomic E-state index is 12.5. The van der Waals surface area contributed by atoms with Gasteiger partial charge in [0.05, 0.1) is 25.5 Å². The molecule has 142 valence electrons. The first-order valence-corrected chi connectivity index (χ1v) is 8.32. The molecule has 0 aliphatic carbocycles. The first-order chi connectivity index (χ1) is 13.6. The second-order valence-corrected chi connectivity index (χ2v) is 5.64. The minimum absolute atomic E-state index is 0.185. The Morgan fingerprint density at radius 3 is 2.43 bits per heavy atom. The summed E-state index contributed by atoms with van der Waals surface area (Å²) in [7, 11) is 2.88. The molecule has 0 aliphatic rings. The summed E-state index contributed by atoms with van der Waals surface area (Å²) in [5.74, 6) is 0.250. The minimum atomic E-state index is -0.444. The molecular weight excluding hydrogens is 360 g/mol. The van der Waals surface area contributed by atoms with Crippen molar-refractivity contribution in [2.75, 3.05) is 24.9 Å². The van der Waals surface area contributed by atoms with Crippen LogP contribution < -0.4 is 15.4 Å². The van der Waals surface area contributed by atoms with Crippen molar-refractivity contribution >= 4 is 29.1 Å². The van der Waals surface area contributed by atoms with E-state index in [1.54, 1.807) is 31.4 Å². The molecule has 8 heteroatoms. The summed E-state index contributed by atoms with van der Waals surface area (Å²) in [4.78, 5) is 32.1. The first kappa shape index (κ1) is 18.8. The molecule has 0 fully saturated rings. The molecule has 3 rings (SSSR count). The van der Waals surface area contributed by atoms with E-state index in [9.17, 15) is 9.59 Å². The number of carbonyl (C=O) groups is 2. The Hall–Kier alpha value is -3.94. The SMILES string of the molecule is COC(=O)c1ccc(NC(=O)c2cc(Nc3ccccc3OC)ncn2)cc1. The van der Waals surface area contributed by atoms with Crippen LogP contribution in [0.4, 0.5) is 17.2 Å². The second kappa shape index (κ2) is 8.63. The highest BCUT2D eigenvalue weighted by molar-refractivity contribution is 6.03. The number of ether oxygens (including phenoxy) is 2. The summed E-state index contributed by atoms with van der Waals surface area (Å²) in [5.41, 5.74) is 1.82. The molecule has 0 saturated carbocycles. The average molecular weight is 378 g/mol. The van der Waals surface area contributed by atoms with Gasteiger partial charge < -0.3 is 20.1 Å². The van der Waals surface area contributed by atoms with Crippen molar-refractivity contribution < 1.29 is 19.1 Å². The number of nitrogens with one attached hydrogen (secondary N) is 2. The van der Waals surface area contributed by atoms with E-state index in [4.69, 9.17) is 4.74 Å². The molecule has 0 saturated heterocycles. The monoisotopic (exact) mass is 378 g/mol. The molecule has 0 spiro atoms. The molecule has 0 bridgehead atoms. The van der Waals surface area contributed by atoms with E-state index < -0.39 is 11.9 Å². The topological polar surface area (TPSA) is 102 Å². The van der Waals surface area contributed by atoms with Crippen LogP contribution in [-0.2, 0) is 4.74 Å². The number of carbonyl (C=O) groups excluding carboxylic acids is 2. The molecule has 1 aromatic heterocycles. The summed E-state index contributed by atoms with van der Waals surface area (Å²) >= 11 is 0. The molecule has 1 heterocycles. The predicted octanol–water partition coefficient (Wildman–Crippen LogP) is 3.27. The van der Waals surface area contributed by atoms with Gasteiger partial charge in [-0.2, -0.15) is 0 Å². The Labute approximate surface area is 161 Å². The van der Waals surface area contributed by atoms with E-state index in [0.29, 0.717) is 28.5 Å². The van der Waals surface area contributed by atoms with Crippen LogP contribution in [0.2, 0.25) is 0 Å². The van der Waals surface area contributed by atoms with Crippen LogP contribution >= 0.6 is 0 Å². The number of esters is 1. The van der Waals surface area contributed by atoms with Gasteiger partial charge in [0.1, 0.15) is 23.6 Å². The smallest absolute Gasteiger partial charge is 0.337 e. The number of benzene rings is 2. The van der Waals surface area contributed by atoms with Crippen LogP contribution in [0.1, 0.15) is 20.8 Å². The molecule has 3 aromatic rings. The van der Waals surface area contributed by atoms with Gasteiger partial charge in [0.15, 0.2) is 0 Å². The summed E-state index contributed by atoms with van der Waals surface area (Å²) in [6.45, 7) is 0. The van der Waals surface area contributed by atoms with Crippen LogP contribution in [0.5, 0.6) is 5.75 Å². The Bertz CT molecular complexity index is 990. The van der Waals surface area contributed by atoms with Crippen LogP contribution in [0.3, 0.4) is 0 Å². The third-order valence-corrected chi connectivity index (χ3v) is 3.83. The maximum absolute atomic E-state index is 12.5. The van der Waals surface area contributed by atoms with Gasteiger partial charge in [-0.05, 0) is 36.4 Å². The van der Waals surface area contributed by atoms with Gasteiger partial charge in [-0.1, -0.05) is 12.1 Å². The van der Waals surface area contributed by atoms with Gasteiger partial charge in [0, 0.05) is 11.8 Å². The Kier molecular flexibility index (Phi) is 5.81. The largest absolute Gasteiger partial charge is 0.495 e. The fraction of sp³-hybridized carbons (Fsp3) is 0.100. The van der Waals surface area contributed by atoms with Gasteiger partial charge in [-0.3, -0.25) is 4.79 Å². The number of methoxy groups -OCH3 is 2. The Morgan fingerprint density at radius 2 is 1.71 bits per heavy atom. The highest BCUT2D eigenvalue weighted by Crippen LogP contribution is 2.26. The molecule has 2 N–H and O–H groups in total. The molecule has 0 aliphatic heterocycles. The fourth-order valence-electron chi connectivity index (χ4n) is 2.44. The highest BCUT2D eigenvalue weighted by Gasteiger charge is 2.11. The quantitative estimate of drug-likeness (QED) is 0.635. The van der Waals surface area contributed by atoms with Gasteiger partial charge in [-0.25, -0.2) is 14.8 Å². The Balaban J connectivity index is 1.72. The van der Waals surface area contributed by atoms with Crippen molar-refractivity contribution in [3.63, 3.8) is 0 Å². The number of nitrogens with zero attached hydrogens (tertiary/aromatic N) is 2. The van der Waals surface area contributed by atoms with Crippen molar-refractivity contribution in [3.8, 4) is 5.75 Å². The van der Waals surface area contributed by atoms with Gasteiger partial charge in [0.2, 0.25) is 0 Å². The lowest BCUT2D eigenvalue weighted by Crippen LogP contribution is -2.14. The summed E-state index contributed by atoms with van der Waals surface area (Å²) in [6.07, 6.45) is 1.30. The van der Waals surface area contributed by atoms with E-state index in [1.807, 2.05) is 24.3 Å².